The Bertz CT molecular complexity index is 369. The monoisotopic (exact) mass is 256 g/mol. The Balaban J connectivity index is 2.64. The van der Waals surface area contributed by atoms with Gasteiger partial charge in [0.2, 0.25) is 11.8 Å². The number of nitrogens with one attached hydrogen (secondary N) is 2. The maximum absolute atomic E-state index is 11.8. The van der Waals surface area contributed by atoms with E-state index in [1.165, 1.54) is 6.92 Å². The molecule has 0 aromatic heterocycles. The molecule has 2 amide bonds. The third-order valence-corrected chi connectivity index (χ3v) is 3.58. The molecule has 3 atom stereocenters. The average Bonchev–Trinajstić information content (AvgIpc) is 2.60. The zero-order valence-electron chi connectivity index (χ0n) is 10.9. The van der Waals surface area contributed by atoms with Gasteiger partial charge in [-0.15, -0.1) is 0 Å². The van der Waals surface area contributed by atoms with Gasteiger partial charge in [0, 0.05) is 13.0 Å². The summed E-state index contributed by atoms with van der Waals surface area (Å²) < 4.78 is 0. The summed E-state index contributed by atoms with van der Waals surface area (Å²) in [5.74, 6) is -1.52. The van der Waals surface area contributed by atoms with Crippen molar-refractivity contribution in [1.82, 2.24) is 10.6 Å². The number of carbonyl (C=O) groups is 3. The molecule has 18 heavy (non-hydrogen) atoms. The molecule has 1 fully saturated rings. The van der Waals surface area contributed by atoms with Gasteiger partial charge in [0.25, 0.3) is 0 Å². The normalized spacial score (nSPS) is 28.5. The zero-order chi connectivity index (χ0) is 13.9. The van der Waals surface area contributed by atoms with Gasteiger partial charge in [-0.2, -0.15) is 0 Å². The first-order chi connectivity index (χ1) is 8.27. The second-order valence-electron chi connectivity index (χ2n) is 5.10. The third kappa shape index (κ3) is 3.00. The Morgan fingerprint density at radius 3 is 2.50 bits per heavy atom. The van der Waals surface area contributed by atoms with Crippen molar-refractivity contribution in [3.05, 3.63) is 0 Å². The summed E-state index contributed by atoms with van der Waals surface area (Å²) in [7, 11) is 0. The van der Waals surface area contributed by atoms with Gasteiger partial charge in [-0.25, -0.2) is 0 Å². The molecule has 6 nitrogen and oxygen atoms in total. The number of rotatable bonds is 4. The van der Waals surface area contributed by atoms with E-state index in [-0.39, 0.29) is 17.9 Å². The summed E-state index contributed by atoms with van der Waals surface area (Å²) in [5, 5.41) is 14.4. The predicted molar refractivity (Wildman–Crippen MR) is 64.8 cm³/mol. The van der Waals surface area contributed by atoms with E-state index < -0.39 is 17.4 Å². The van der Waals surface area contributed by atoms with Crippen molar-refractivity contribution >= 4 is 17.8 Å². The summed E-state index contributed by atoms with van der Waals surface area (Å²) >= 11 is 0. The number of hydrogen-bond donors (Lipinski definition) is 3. The average molecular weight is 256 g/mol. The summed E-state index contributed by atoms with van der Waals surface area (Å²) in [4.78, 5) is 33.9. The summed E-state index contributed by atoms with van der Waals surface area (Å²) in [6.45, 7) is 4.56. The highest BCUT2D eigenvalue weighted by molar-refractivity contribution is 5.87. The molecule has 1 saturated carbocycles. The second kappa shape index (κ2) is 5.37. The molecule has 0 bridgehead atoms. The lowest BCUT2D eigenvalue weighted by Gasteiger charge is -2.28. The highest BCUT2D eigenvalue weighted by atomic mass is 16.4. The van der Waals surface area contributed by atoms with Crippen molar-refractivity contribution in [2.45, 2.75) is 52.1 Å². The van der Waals surface area contributed by atoms with Crippen LogP contribution in [0, 0.1) is 5.41 Å². The highest BCUT2D eigenvalue weighted by Gasteiger charge is 2.46. The molecule has 1 aliphatic carbocycles. The molecule has 0 radical (unpaired) electrons. The van der Waals surface area contributed by atoms with Crippen molar-refractivity contribution in [3.8, 4) is 0 Å². The minimum atomic E-state index is -0.911. The molecule has 3 unspecified atom stereocenters. The standard InChI is InChI=1S/C12H20N2O4/c1-7(13-8(2)15)10(16)14-9-5-4-6-12(9,3)11(17)18/h7,9H,4-6H2,1-3H3,(H,13,15)(H,14,16)(H,17,18). The fourth-order valence-electron chi connectivity index (χ4n) is 2.32. The van der Waals surface area contributed by atoms with E-state index in [0.717, 1.165) is 6.42 Å². The molecular weight excluding hydrogens is 236 g/mol. The number of carboxylic acids is 1. The number of carboxylic acid groups (broad SMARTS) is 1. The van der Waals surface area contributed by atoms with Crippen LogP contribution in [0.2, 0.25) is 0 Å². The van der Waals surface area contributed by atoms with Crippen LogP contribution in [0.3, 0.4) is 0 Å². The first kappa shape index (κ1) is 14.5. The van der Waals surface area contributed by atoms with Gasteiger partial charge in [-0.3, -0.25) is 14.4 Å². The molecule has 0 saturated heterocycles. The molecule has 0 spiro atoms. The quantitative estimate of drug-likeness (QED) is 0.672. The lowest BCUT2D eigenvalue weighted by molar-refractivity contribution is -0.149. The van der Waals surface area contributed by atoms with Crippen LogP contribution in [0.5, 0.6) is 0 Å². The maximum Gasteiger partial charge on any atom is 0.311 e. The van der Waals surface area contributed by atoms with Crippen LogP contribution in [0.1, 0.15) is 40.0 Å². The smallest absolute Gasteiger partial charge is 0.311 e. The van der Waals surface area contributed by atoms with Crippen LogP contribution in [0.4, 0.5) is 0 Å². The van der Waals surface area contributed by atoms with Crippen LogP contribution in [-0.2, 0) is 14.4 Å². The molecule has 1 rings (SSSR count). The second-order valence-corrected chi connectivity index (χ2v) is 5.10. The predicted octanol–water partition coefficient (Wildman–Crippen LogP) is 0.271. The van der Waals surface area contributed by atoms with Gasteiger partial charge in [0.1, 0.15) is 6.04 Å². The Morgan fingerprint density at radius 1 is 1.39 bits per heavy atom. The minimum absolute atomic E-state index is 0.287. The van der Waals surface area contributed by atoms with Crippen molar-refractivity contribution in [3.63, 3.8) is 0 Å². The van der Waals surface area contributed by atoms with Crippen molar-refractivity contribution in [2.24, 2.45) is 5.41 Å². The fraction of sp³-hybridized carbons (Fsp3) is 0.750. The lowest BCUT2D eigenvalue weighted by Crippen LogP contribution is -2.52. The number of carbonyl (C=O) groups excluding carboxylic acids is 2. The maximum atomic E-state index is 11.8. The van der Waals surface area contributed by atoms with Gasteiger partial charge in [0.05, 0.1) is 5.41 Å². The van der Waals surface area contributed by atoms with E-state index in [4.69, 9.17) is 0 Å². The van der Waals surface area contributed by atoms with Crippen molar-refractivity contribution < 1.29 is 19.5 Å². The van der Waals surface area contributed by atoms with E-state index in [1.807, 2.05) is 0 Å². The first-order valence-corrected chi connectivity index (χ1v) is 6.08. The van der Waals surface area contributed by atoms with Crippen LogP contribution < -0.4 is 10.6 Å². The van der Waals surface area contributed by atoms with Gasteiger partial charge < -0.3 is 15.7 Å². The molecule has 102 valence electrons. The Hall–Kier alpha value is -1.59. The Labute approximate surface area is 106 Å². The summed E-state index contributed by atoms with van der Waals surface area (Å²) in [6.07, 6.45) is 1.99. The van der Waals surface area contributed by atoms with Crippen LogP contribution in [-0.4, -0.2) is 35.0 Å². The van der Waals surface area contributed by atoms with Crippen molar-refractivity contribution in [1.29, 1.82) is 0 Å². The molecule has 1 aliphatic rings. The van der Waals surface area contributed by atoms with E-state index in [9.17, 15) is 19.5 Å². The SMILES string of the molecule is CC(=O)NC(C)C(=O)NC1CCCC1(C)C(=O)O. The van der Waals surface area contributed by atoms with E-state index >= 15 is 0 Å². The molecule has 0 aromatic carbocycles. The van der Waals surface area contributed by atoms with Crippen LogP contribution >= 0.6 is 0 Å². The van der Waals surface area contributed by atoms with Gasteiger partial charge in [-0.1, -0.05) is 6.42 Å². The zero-order valence-corrected chi connectivity index (χ0v) is 10.9. The number of amides is 2. The van der Waals surface area contributed by atoms with Crippen molar-refractivity contribution in [2.75, 3.05) is 0 Å². The first-order valence-electron chi connectivity index (χ1n) is 6.08. The van der Waals surface area contributed by atoms with Crippen LogP contribution in [0.15, 0.2) is 0 Å². The molecule has 3 N–H and O–H groups in total. The van der Waals surface area contributed by atoms with Crippen LogP contribution in [0.25, 0.3) is 0 Å². The van der Waals surface area contributed by atoms with E-state index in [2.05, 4.69) is 10.6 Å². The molecule has 0 aromatic rings. The highest BCUT2D eigenvalue weighted by Crippen LogP contribution is 2.38. The fourth-order valence-corrected chi connectivity index (χ4v) is 2.32. The summed E-state index contributed by atoms with van der Waals surface area (Å²) in [5.41, 5.74) is -0.911. The molecule has 0 heterocycles. The number of hydrogen-bond acceptors (Lipinski definition) is 3. The third-order valence-electron chi connectivity index (χ3n) is 3.58. The molecule has 0 aliphatic heterocycles. The Kier molecular flexibility index (Phi) is 4.32. The van der Waals surface area contributed by atoms with Gasteiger partial charge >= 0.3 is 5.97 Å². The lowest BCUT2D eigenvalue weighted by atomic mass is 9.85. The molecule has 6 heteroatoms. The van der Waals surface area contributed by atoms with E-state index in [1.54, 1.807) is 13.8 Å². The summed E-state index contributed by atoms with van der Waals surface area (Å²) in [6, 6.07) is -1.03. The number of aliphatic carboxylic acids is 1. The van der Waals surface area contributed by atoms with Gasteiger partial charge in [0.15, 0.2) is 0 Å². The molecular formula is C12H20N2O4. The largest absolute Gasteiger partial charge is 0.481 e. The minimum Gasteiger partial charge on any atom is -0.481 e. The Morgan fingerprint density at radius 2 is 2.00 bits per heavy atom. The van der Waals surface area contributed by atoms with Gasteiger partial charge in [-0.05, 0) is 26.7 Å². The topological polar surface area (TPSA) is 95.5 Å². The van der Waals surface area contributed by atoms with E-state index in [0.29, 0.717) is 12.8 Å².